The van der Waals surface area contributed by atoms with E-state index in [0.717, 1.165) is 47.8 Å². The number of aromatic amines is 1. The van der Waals surface area contributed by atoms with Crippen molar-refractivity contribution >= 4 is 22.8 Å². The fourth-order valence-corrected chi connectivity index (χ4v) is 4.28. The Morgan fingerprint density at radius 1 is 1.21 bits per heavy atom. The van der Waals surface area contributed by atoms with Crippen LogP contribution in [0.3, 0.4) is 0 Å². The number of anilines is 1. The number of rotatable bonds is 3. The van der Waals surface area contributed by atoms with Crippen LogP contribution in [0, 0.1) is 0 Å². The van der Waals surface area contributed by atoms with E-state index in [1.165, 1.54) is 6.42 Å². The van der Waals surface area contributed by atoms with E-state index in [-0.39, 0.29) is 12.1 Å². The van der Waals surface area contributed by atoms with Gasteiger partial charge in [0.1, 0.15) is 12.1 Å². The summed E-state index contributed by atoms with van der Waals surface area (Å²) in [5.74, 6) is 0.218. The Hall–Kier alpha value is -3.16. The molecule has 28 heavy (non-hydrogen) atoms. The van der Waals surface area contributed by atoms with Gasteiger partial charge in [0.25, 0.3) is 0 Å². The third-order valence-electron chi connectivity index (χ3n) is 5.68. The van der Waals surface area contributed by atoms with Crippen LogP contribution in [0.2, 0.25) is 0 Å². The number of ether oxygens (including phenoxy) is 1. The van der Waals surface area contributed by atoms with Gasteiger partial charge in [-0.15, -0.1) is 0 Å². The van der Waals surface area contributed by atoms with Gasteiger partial charge < -0.3 is 15.0 Å². The monoisotopic (exact) mass is 378 g/mol. The predicted octanol–water partition coefficient (Wildman–Crippen LogP) is 3.32. The fraction of sp³-hybridized carbons (Fsp3) is 0.400. The highest BCUT2D eigenvalue weighted by atomic mass is 16.5. The van der Waals surface area contributed by atoms with Crippen LogP contribution in [0.5, 0.6) is 0 Å². The minimum absolute atomic E-state index is 0.0135. The van der Waals surface area contributed by atoms with E-state index in [2.05, 4.69) is 25.8 Å². The number of fused-ring (bicyclic) bond motifs is 2. The number of tetrazole rings is 1. The second kappa shape index (κ2) is 6.78. The van der Waals surface area contributed by atoms with E-state index in [1.807, 2.05) is 37.4 Å². The van der Waals surface area contributed by atoms with E-state index < -0.39 is 6.04 Å². The van der Waals surface area contributed by atoms with E-state index in [0.29, 0.717) is 11.5 Å². The highest BCUT2D eigenvalue weighted by molar-refractivity contribution is 5.94. The van der Waals surface area contributed by atoms with E-state index in [1.54, 1.807) is 4.68 Å². The van der Waals surface area contributed by atoms with E-state index in [9.17, 15) is 4.79 Å². The fourth-order valence-electron chi connectivity index (χ4n) is 4.28. The number of nitrogens with one attached hydrogen (secondary N) is 2. The number of esters is 1. The zero-order valence-electron chi connectivity index (χ0n) is 15.7. The van der Waals surface area contributed by atoms with Crippen molar-refractivity contribution in [2.45, 2.75) is 51.2 Å². The van der Waals surface area contributed by atoms with Crippen LogP contribution >= 0.6 is 0 Å². The molecule has 2 aliphatic rings. The molecule has 8 nitrogen and oxygen atoms in total. The summed E-state index contributed by atoms with van der Waals surface area (Å²) in [7, 11) is 0. The highest BCUT2D eigenvalue weighted by Crippen LogP contribution is 2.38. The number of allylic oxidation sites excluding steroid dienone is 1. The minimum atomic E-state index is -0.446. The Morgan fingerprint density at radius 2 is 2.04 bits per heavy atom. The molecule has 3 aromatic rings. The number of benzene rings is 1. The SMILES string of the molecule is CC1=C(C(=O)OC2CCCCC2)C(c2c[nH]c3ccccc23)n2nnnc2N1. The molecule has 3 heterocycles. The van der Waals surface area contributed by atoms with Gasteiger partial charge in [0, 0.05) is 28.4 Å². The summed E-state index contributed by atoms with van der Waals surface area (Å²) in [5.41, 5.74) is 3.22. The van der Waals surface area contributed by atoms with E-state index >= 15 is 0 Å². The summed E-state index contributed by atoms with van der Waals surface area (Å²) in [6, 6.07) is 7.56. The van der Waals surface area contributed by atoms with Gasteiger partial charge in [0.05, 0.1) is 5.57 Å². The standard InChI is InChI=1S/C20H22N6O2/c1-12-17(19(27)28-13-7-3-2-4-8-13)18(26-20(22-12)23-24-25-26)15-11-21-16-10-6-5-9-14(15)16/h5-6,9-11,13,18,21H,2-4,7-8H2,1H3,(H,22,23,25). The van der Waals surface area contributed by atoms with Gasteiger partial charge >= 0.3 is 5.97 Å². The maximum absolute atomic E-state index is 13.2. The predicted molar refractivity (Wildman–Crippen MR) is 104 cm³/mol. The quantitative estimate of drug-likeness (QED) is 0.679. The van der Waals surface area contributed by atoms with Crippen molar-refractivity contribution in [1.29, 1.82) is 0 Å². The van der Waals surface area contributed by atoms with Crippen LogP contribution in [0.15, 0.2) is 41.7 Å². The van der Waals surface area contributed by atoms with Crippen LogP contribution < -0.4 is 5.32 Å². The van der Waals surface area contributed by atoms with Crippen molar-refractivity contribution in [3.05, 3.63) is 47.3 Å². The van der Waals surface area contributed by atoms with Crippen molar-refractivity contribution in [1.82, 2.24) is 25.2 Å². The molecule has 1 aliphatic carbocycles. The third kappa shape index (κ3) is 2.76. The Labute approximate surface area is 162 Å². The van der Waals surface area contributed by atoms with Gasteiger partial charge in [-0.2, -0.15) is 4.68 Å². The second-order valence-electron chi connectivity index (χ2n) is 7.47. The topological polar surface area (TPSA) is 97.7 Å². The molecule has 1 fully saturated rings. The highest BCUT2D eigenvalue weighted by Gasteiger charge is 2.37. The van der Waals surface area contributed by atoms with Gasteiger partial charge in [-0.25, -0.2) is 4.79 Å². The lowest BCUT2D eigenvalue weighted by Crippen LogP contribution is -2.31. The van der Waals surface area contributed by atoms with Crippen LogP contribution in [0.25, 0.3) is 10.9 Å². The van der Waals surface area contributed by atoms with Crippen molar-refractivity contribution in [2.24, 2.45) is 0 Å². The summed E-state index contributed by atoms with van der Waals surface area (Å²) >= 11 is 0. The molecule has 1 saturated carbocycles. The molecule has 0 bridgehead atoms. The van der Waals surface area contributed by atoms with Crippen LogP contribution in [-0.4, -0.2) is 37.3 Å². The van der Waals surface area contributed by atoms with Crippen molar-refractivity contribution < 1.29 is 9.53 Å². The summed E-state index contributed by atoms with van der Waals surface area (Å²) in [6.45, 7) is 1.87. The molecule has 1 unspecified atom stereocenters. The largest absolute Gasteiger partial charge is 0.459 e. The molecular weight excluding hydrogens is 356 g/mol. The van der Waals surface area contributed by atoms with Crippen molar-refractivity contribution in [2.75, 3.05) is 5.32 Å². The van der Waals surface area contributed by atoms with Crippen molar-refractivity contribution in [3.8, 4) is 0 Å². The molecule has 2 N–H and O–H groups in total. The summed E-state index contributed by atoms with van der Waals surface area (Å²) in [4.78, 5) is 16.5. The first-order valence-corrected chi connectivity index (χ1v) is 9.75. The molecule has 0 saturated heterocycles. The van der Waals surface area contributed by atoms with Gasteiger partial charge in [-0.05, 0) is 49.1 Å². The Balaban J connectivity index is 1.58. The number of carbonyl (C=O) groups excluding carboxylic acids is 1. The number of para-hydroxylation sites is 1. The molecule has 0 radical (unpaired) electrons. The van der Waals surface area contributed by atoms with Crippen LogP contribution in [0.1, 0.15) is 50.6 Å². The summed E-state index contributed by atoms with van der Waals surface area (Å²) in [6.07, 6.45) is 7.20. The molecule has 1 aliphatic heterocycles. The van der Waals surface area contributed by atoms with Gasteiger partial charge in [-0.3, -0.25) is 0 Å². The molecule has 1 aromatic carbocycles. The van der Waals surface area contributed by atoms with Gasteiger partial charge in [-0.1, -0.05) is 29.7 Å². The van der Waals surface area contributed by atoms with E-state index in [4.69, 9.17) is 4.74 Å². The Morgan fingerprint density at radius 3 is 2.89 bits per heavy atom. The van der Waals surface area contributed by atoms with Crippen LogP contribution in [-0.2, 0) is 9.53 Å². The van der Waals surface area contributed by atoms with Gasteiger partial charge in [0.2, 0.25) is 5.95 Å². The smallest absolute Gasteiger partial charge is 0.338 e. The second-order valence-corrected chi connectivity index (χ2v) is 7.47. The lowest BCUT2D eigenvalue weighted by molar-refractivity contribution is -0.146. The average Bonchev–Trinajstić information content (AvgIpc) is 3.34. The van der Waals surface area contributed by atoms with Gasteiger partial charge in [0.15, 0.2) is 0 Å². The lowest BCUT2D eigenvalue weighted by atomic mass is 9.94. The molecular formula is C20H22N6O2. The third-order valence-corrected chi connectivity index (χ3v) is 5.68. The normalized spacial score (nSPS) is 20.1. The summed E-state index contributed by atoms with van der Waals surface area (Å²) in [5, 5.41) is 16.2. The molecule has 0 spiro atoms. The molecule has 0 amide bonds. The number of aromatic nitrogens is 5. The number of nitrogens with zero attached hydrogens (tertiary/aromatic N) is 4. The maximum atomic E-state index is 13.2. The molecule has 1 atom stereocenters. The number of H-pyrrole nitrogens is 1. The van der Waals surface area contributed by atoms with Crippen molar-refractivity contribution in [3.63, 3.8) is 0 Å². The zero-order valence-corrected chi connectivity index (χ0v) is 15.7. The maximum Gasteiger partial charge on any atom is 0.338 e. The Kier molecular flexibility index (Phi) is 4.11. The number of hydrogen-bond donors (Lipinski definition) is 2. The first kappa shape index (κ1) is 17.0. The molecule has 144 valence electrons. The zero-order chi connectivity index (χ0) is 19.1. The van der Waals surface area contributed by atoms with Crippen LogP contribution in [0.4, 0.5) is 5.95 Å². The minimum Gasteiger partial charge on any atom is -0.459 e. The molecule has 8 heteroatoms. The average molecular weight is 378 g/mol. The molecule has 2 aromatic heterocycles. The lowest BCUT2D eigenvalue weighted by Gasteiger charge is -2.29. The first-order chi connectivity index (χ1) is 13.7. The first-order valence-electron chi connectivity index (χ1n) is 9.75. The summed E-state index contributed by atoms with van der Waals surface area (Å²) < 4.78 is 7.56. The molecule has 5 rings (SSSR count). The number of hydrogen-bond acceptors (Lipinski definition) is 6. The Bertz CT molecular complexity index is 1060. The number of carbonyl (C=O) groups is 1.